The number of alkyl halides is 2. The van der Waals surface area contributed by atoms with Gasteiger partial charge >= 0.3 is 0 Å². The molecule has 3 amide bonds. The number of nitrogens with zero attached hydrogens (tertiary/aromatic N) is 1. The number of rotatable bonds is 5. The second-order valence-electron chi connectivity index (χ2n) is 10.7. The van der Waals surface area contributed by atoms with Gasteiger partial charge in [-0.15, -0.1) is 23.2 Å². The topological polar surface area (TPSA) is 66.5 Å². The molecule has 3 atom stereocenters. The summed E-state index contributed by atoms with van der Waals surface area (Å²) in [6.45, 7) is 5.72. The van der Waals surface area contributed by atoms with Crippen molar-refractivity contribution in [2.45, 2.75) is 43.0 Å². The average molecular weight is 547 g/mol. The second kappa shape index (κ2) is 8.69. The summed E-state index contributed by atoms with van der Waals surface area (Å²) in [6.07, 6.45) is 0.882. The van der Waals surface area contributed by atoms with Crippen LogP contribution in [0.4, 0.5) is 5.69 Å². The molecule has 7 heteroatoms. The maximum Gasteiger partial charge on any atom is 0.247 e. The average Bonchev–Trinajstić information content (AvgIpc) is 3.18. The Balaban J connectivity index is 1.45. The van der Waals surface area contributed by atoms with E-state index in [1.165, 1.54) is 0 Å². The molecule has 38 heavy (non-hydrogen) atoms. The van der Waals surface area contributed by atoms with Crippen molar-refractivity contribution in [2.24, 2.45) is 17.8 Å². The first-order valence-corrected chi connectivity index (χ1v) is 13.8. The van der Waals surface area contributed by atoms with E-state index >= 15 is 0 Å². The van der Waals surface area contributed by atoms with Crippen LogP contribution >= 0.6 is 23.2 Å². The van der Waals surface area contributed by atoms with Crippen LogP contribution in [0.1, 0.15) is 48.6 Å². The number of imide groups is 1. The Bertz CT molecular complexity index is 1360. The summed E-state index contributed by atoms with van der Waals surface area (Å²) in [6, 6.07) is 21.6. The molecular weight excluding hydrogens is 519 g/mol. The normalized spacial score (nSPS) is 27.7. The van der Waals surface area contributed by atoms with Crippen LogP contribution in [0, 0.1) is 17.8 Å². The molecule has 1 heterocycles. The standard InChI is InChI=1S/C31H28Cl2N2O3/c1-4-18-13-15-19(16-14-18)34-27(36)26(17(2)3)35-28(37)24-25(29(35)38)31(33)21-10-6-5-9-20(21)30(24,32)22-11-7-8-12-23(22)31/h5-17,24-26H,4H2,1-3H3,(H,34,36)/t24-,25+,26-,30?,31?/m0/s1. The van der Waals surface area contributed by atoms with Crippen LogP contribution in [0.5, 0.6) is 0 Å². The number of benzene rings is 3. The SMILES string of the molecule is CCc1ccc(NC(=O)[C@H](C(C)C)N2C(=O)[C@@H]3[C@H](C2=O)C2(Cl)c4ccccc4C3(Cl)c3ccccc32)cc1. The van der Waals surface area contributed by atoms with Gasteiger partial charge < -0.3 is 5.32 Å². The number of hydrogen-bond acceptors (Lipinski definition) is 3. The molecule has 5 nitrogen and oxygen atoms in total. The van der Waals surface area contributed by atoms with Crippen LogP contribution in [-0.4, -0.2) is 28.7 Å². The van der Waals surface area contributed by atoms with E-state index in [1.807, 2.05) is 86.6 Å². The summed E-state index contributed by atoms with van der Waals surface area (Å²) < 4.78 is 0. The number of halogens is 2. The lowest BCUT2D eigenvalue weighted by atomic mass is 9.54. The van der Waals surface area contributed by atoms with E-state index in [9.17, 15) is 14.4 Å². The number of amides is 3. The number of carbonyl (C=O) groups is 3. The zero-order valence-corrected chi connectivity index (χ0v) is 22.9. The van der Waals surface area contributed by atoms with Gasteiger partial charge in [0.2, 0.25) is 17.7 Å². The van der Waals surface area contributed by atoms with Gasteiger partial charge in [-0.05, 0) is 52.3 Å². The predicted molar refractivity (Wildman–Crippen MR) is 148 cm³/mol. The number of hydrogen-bond donors (Lipinski definition) is 1. The fourth-order valence-electron chi connectivity index (χ4n) is 6.72. The third-order valence-electron chi connectivity index (χ3n) is 8.43. The van der Waals surface area contributed by atoms with Crippen molar-refractivity contribution in [3.05, 3.63) is 101 Å². The minimum Gasteiger partial charge on any atom is -0.324 e. The van der Waals surface area contributed by atoms with Crippen molar-refractivity contribution < 1.29 is 14.4 Å². The fourth-order valence-corrected chi connectivity index (χ4v) is 7.82. The maximum atomic E-state index is 14.3. The molecule has 0 aromatic heterocycles. The van der Waals surface area contributed by atoms with Crippen LogP contribution in [0.15, 0.2) is 72.8 Å². The summed E-state index contributed by atoms with van der Waals surface area (Å²) in [5, 5.41) is 2.91. The Kier molecular flexibility index (Phi) is 5.75. The van der Waals surface area contributed by atoms with E-state index in [1.54, 1.807) is 0 Å². The van der Waals surface area contributed by atoms with Gasteiger partial charge in [0.25, 0.3) is 0 Å². The van der Waals surface area contributed by atoms with Gasteiger partial charge in [-0.1, -0.05) is 81.4 Å². The molecule has 1 N–H and O–H groups in total. The van der Waals surface area contributed by atoms with Crippen molar-refractivity contribution in [3.8, 4) is 0 Å². The number of carbonyl (C=O) groups excluding carboxylic acids is 3. The van der Waals surface area contributed by atoms with Crippen LogP contribution in [0.3, 0.4) is 0 Å². The largest absolute Gasteiger partial charge is 0.324 e. The zero-order valence-electron chi connectivity index (χ0n) is 21.4. The minimum absolute atomic E-state index is 0.335. The minimum atomic E-state index is -1.27. The maximum absolute atomic E-state index is 14.3. The summed E-state index contributed by atoms with van der Waals surface area (Å²) in [5.74, 6) is -3.54. The molecule has 3 aliphatic carbocycles. The van der Waals surface area contributed by atoms with Crippen molar-refractivity contribution in [2.75, 3.05) is 5.32 Å². The molecule has 3 aromatic carbocycles. The van der Waals surface area contributed by atoms with E-state index in [0.717, 1.165) is 39.1 Å². The molecular formula is C31H28Cl2N2O3. The van der Waals surface area contributed by atoms with E-state index in [2.05, 4.69) is 12.2 Å². The third kappa shape index (κ3) is 3.15. The lowest BCUT2D eigenvalue weighted by Gasteiger charge is -2.54. The fraction of sp³-hybridized carbons (Fsp3) is 0.323. The number of anilines is 1. The van der Waals surface area contributed by atoms with Gasteiger partial charge in [0.1, 0.15) is 15.8 Å². The van der Waals surface area contributed by atoms with Crippen LogP contribution < -0.4 is 5.32 Å². The highest BCUT2D eigenvalue weighted by Gasteiger charge is 2.73. The molecule has 1 aliphatic heterocycles. The molecule has 0 saturated carbocycles. The van der Waals surface area contributed by atoms with Gasteiger partial charge in [-0.25, -0.2) is 0 Å². The molecule has 1 saturated heterocycles. The van der Waals surface area contributed by atoms with Gasteiger partial charge in [-0.2, -0.15) is 0 Å². The Labute approximate surface area is 232 Å². The molecule has 4 aliphatic rings. The number of nitrogens with one attached hydrogen (secondary N) is 1. The Hall–Kier alpha value is -3.15. The predicted octanol–water partition coefficient (Wildman–Crippen LogP) is 5.81. The molecule has 2 bridgehead atoms. The summed E-state index contributed by atoms with van der Waals surface area (Å²) in [5.41, 5.74) is 4.70. The third-order valence-corrected chi connectivity index (χ3v) is 9.71. The summed E-state index contributed by atoms with van der Waals surface area (Å²) >= 11 is 15.0. The molecule has 7 rings (SSSR count). The van der Waals surface area contributed by atoms with Crippen molar-refractivity contribution >= 4 is 46.6 Å². The summed E-state index contributed by atoms with van der Waals surface area (Å²) in [4.78, 5) is 40.8. The van der Waals surface area contributed by atoms with E-state index in [4.69, 9.17) is 23.2 Å². The Morgan fingerprint density at radius 1 is 0.816 bits per heavy atom. The first kappa shape index (κ1) is 25.1. The van der Waals surface area contributed by atoms with Gasteiger partial charge in [0.15, 0.2) is 0 Å². The monoisotopic (exact) mass is 546 g/mol. The lowest BCUT2D eigenvalue weighted by Crippen LogP contribution is -2.57. The number of likely N-dealkylation sites (tertiary alicyclic amines) is 1. The molecule has 194 valence electrons. The van der Waals surface area contributed by atoms with Gasteiger partial charge in [0.05, 0.1) is 11.8 Å². The molecule has 0 spiro atoms. The van der Waals surface area contributed by atoms with Crippen molar-refractivity contribution in [1.82, 2.24) is 4.90 Å². The van der Waals surface area contributed by atoms with E-state index in [-0.39, 0.29) is 5.92 Å². The quantitative estimate of drug-likeness (QED) is 0.324. The van der Waals surface area contributed by atoms with Crippen LogP contribution in [0.2, 0.25) is 0 Å². The first-order chi connectivity index (χ1) is 18.1. The smallest absolute Gasteiger partial charge is 0.247 e. The molecule has 3 aromatic rings. The summed E-state index contributed by atoms with van der Waals surface area (Å²) in [7, 11) is 0. The highest BCUT2D eigenvalue weighted by molar-refractivity contribution is 6.36. The van der Waals surface area contributed by atoms with Crippen LogP contribution in [0.25, 0.3) is 0 Å². The lowest BCUT2D eigenvalue weighted by molar-refractivity contribution is -0.148. The second-order valence-corrected chi connectivity index (χ2v) is 11.9. The van der Waals surface area contributed by atoms with Gasteiger partial charge in [0, 0.05) is 5.69 Å². The molecule has 0 unspecified atom stereocenters. The number of aryl methyl sites for hydroxylation is 1. The van der Waals surface area contributed by atoms with E-state index < -0.39 is 45.3 Å². The Morgan fingerprint density at radius 2 is 1.24 bits per heavy atom. The van der Waals surface area contributed by atoms with Gasteiger partial charge in [-0.3, -0.25) is 19.3 Å². The zero-order chi connectivity index (χ0) is 27.0. The molecule has 1 fully saturated rings. The highest BCUT2D eigenvalue weighted by Crippen LogP contribution is 2.69. The van der Waals surface area contributed by atoms with Crippen molar-refractivity contribution in [3.63, 3.8) is 0 Å². The van der Waals surface area contributed by atoms with Crippen molar-refractivity contribution in [1.29, 1.82) is 0 Å². The Morgan fingerprint density at radius 3 is 1.61 bits per heavy atom. The van der Waals surface area contributed by atoms with E-state index in [0.29, 0.717) is 5.69 Å². The first-order valence-electron chi connectivity index (χ1n) is 13.0. The highest BCUT2D eigenvalue weighted by atomic mass is 35.5. The van der Waals surface area contributed by atoms with Crippen LogP contribution in [-0.2, 0) is 30.6 Å². The molecule has 0 radical (unpaired) electrons.